The first-order chi connectivity index (χ1) is 12.6. The Morgan fingerprint density at radius 1 is 1.00 bits per heavy atom. The number of amides is 1. The normalized spacial score (nSPS) is 10.4. The second-order valence-corrected chi connectivity index (χ2v) is 5.98. The highest BCUT2D eigenvalue weighted by Gasteiger charge is 2.15. The third kappa shape index (κ3) is 3.83. The molecule has 0 radical (unpaired) electrons. The smallest absolute Gasteiger partial charge is 0.404 e. The van der Waals surface area contributed by atoms with Gasteiger partial charge in [0.1, 0.15) is 0 Å². The Bertz CT molecular complexity index is 964. The Labute approximate surface area is 151 Å². The number of rotatable bonds is 4. The summed E-state index contributed by atoms with van der Waals surface area (Å²) in [5.74, 6) is 0.00233. The number of benzene rings is 2. The van der Waals surface area contributed by atoms with Crippen LogP contribution in [-0.4, -0.2) is 10.7 Å². The number of carbonyl (C=O) groups excluding carboxylic acids is 1. The first kappa shape index (κ1) is 17.5. The number of para-hydroxylation sites is 1. The fourth-order valence-corrected chi connectivity index (χ4v) is 2.67. The van der Waals surface area contributed by atoms with Crippen LogP contribution in [0.15, 0.2) is 71.5 Å². The topological polar surface area (TPSA) is 60.3 Å². The van der Waals surface area contributed by atoms with Gasteiger partial charge in [-0.1, -0.05) is 48.5 Å². The minimum absolute atomic E-state index is 0.00233. The van der Waals surface area contributed by atoms with Crippen LogP contribution in [0.2, 0.25) is 0 Å². The van der Waals surface area contributed by atoms with E-state index in [9.17, 15) is 9.59 Å². The fraction of sp³-hybridized carbons (Fsp3) is 0.143. The van der Waals surface area contributed by atoms with Gasteiger partial charge in [-0.05, 0) is 43.2 Å². The fourth-order valence-electron chi connectivity index (χ4n) is 2.67. The van der Waals surface area contributed by atoms with E-state index in [1.54, 1.807) is 10.6 Å². The lowest BCUT2D eigenvalue weighted by atomic mass is 10.2. The first-order valence-corrected chi connectivity index (χ1v) is 8.34. The largest absolute Gasteiger partial charge is 0.413 e. The number of aryl methyl sites for hydroxylation is 1. The minimum atomic E-state index is -0.659. The quantitative estimate of drug-likeness (QED) is 0.781. The van der Waals surface area contributed by atoms with Gasteiger partial charge >= 0.3 is 6.09 Å². The molecule has 0 bridgehead atoms. The summed E-state index contributed by atoms with van der Waals surface area (Å²) in [5, 5.41) is 2.66. The number of nitrogens with one attached hydrogen (secondary N) is 1. The van der Waals surface area contributed by atoms with E-state index in [0.717, 1.165) is 22.5 Å². The number of carbonyl (C=O) groups is 1. The van der Waals surface area contributed by atoms with Crippen LogP contribution in [0.4, 0.5) is 4.79 Å². The number of aromatic nitrogens is 1. The van der Waals surface area contributed by atoms with E-state index >= 15 is 0 Å². The molecule has 0 fully saturated rings. The summed E-state index contributed by atoms with van der Waals surface area (Å²) in [4.78, 5) is 24.9. The van der Waals surface area contributed by atoms with Crippen LogP contribution in [0.3, 0.4) is 0 Å². The highest BCUT2D eigenvalue weighted by Crippen LogP contribution is 2.16. The van der Waals surface area contributed by atoms with Crippen LogP contribution in [0, 0.1) is 13.8 Å². The van der Waals surface area contributed by atoms with E-state index in [2.05, 4.69) is 5.32 Å². The third-order valence-corrected chi connectivity index (χ3v) is 4.16. The van der Waals surface area contributed by atoms with Crippen molar-refractivity contribution in [1.29, 1.82) is 0 Å². The van der Waals surface area contributed by atoms with Crippen molar-refractivity contribution in [2.75, 3.05) is 0 Å². The zero-order chi connectivity index (χ0) is 18.5. The molecule has 0 aliphatic heterocycles. The average Bonchev–Trinajstić information content (AvgIpc) is 2.66. The lowest BCUT2D eigenvalue weighted by molar-refractivity contribution is 0.199. The van der Waals surface area contributed by atoms with Crippen LogP contribution in [0.5, 0.6) is 5.75 Å². The SMILES string of the molecule is Cc1cc(OC(=O)NCc2ccccc2)c(=O)n(-c2ccccc2)c1C. The Morgan fingerprint density at radius 2 is 1.62 bits per heavy atom. The van der Waals surface area contributed by atoms with Crippen molar-refractivity contribution in [1.82, 2.24) is 9.88 Å². The van der Waals surface area contributed by atoms with E-state index in [0.29, 0.717) is 6.54 Å². The Hall–Kier alpha value is -3.34. The summed E-state index contributed by atoms with van der Waals surface area (Å²) in [6.45, 7) is 4.07. The molecule has 26 heavy (non-hydrogen) atoms. The van der Waals surface area contributed by atoms with Crippen molar-refractivity contribution < 1.29 is 9.53 Å². The van der Waals surface area contributed by atoms with Gasteiger partial charge in [0, 0.05) is 17.9 Å². The molecule has 0 saturated heterocycles. The van der Waals surface area contributed by atoms with Crippen molar-refractivity contribution in [2.24, 2.45) is 0 Å². The van der Waals surface area contributed by atoms with Gasteiger partial charge in [0.15, 0.2) is 5.75 Å². The van der Waals surface area contributed by atoms with Crippen molar-refractivity contribution in [3.63, 3.8) is 0 Å². The summed E-state index contributed by atoms with van der Waals surface area (Å²) >= 11 is 0. The first-order valence-electron chi connectivity index (χ1n) is 8.34. The molecule has 0 aliphatic carbocycles. The van der Waals surface area contributed by atoms with Gasteiger partial charge in [-0.15, -0.1) is 0 Å². The lowest BCUT2D eigenvalue weighted by Crippen LogP contribution is -2.30. The summed E-state index contributed by atoms with van der Waals surface area (Å²) in [6.07, 6.45) is -0.659. The maximum atomic E-state index is 12.8. The zero-order valence-electron chi connectivity index (χ0n) is 14.7. The van der Waals surface area contributed by atoms with E-state index < -0.39 is 6.09 Å². The summed E-state index contributed by atoms with van der Waals surface area (Å²) in [5.41, 5.74) is 2.98. The molecule has 1 aromatic heterocycles. The summed E-state index contributed by atoms with van der Waals surface area (Å²) < 4.78 is 6.83. The lowest BCUT2D eigenvalue weighted by Gasteiger charge is -2.15. The average molecular weight is 348 g/mol. The summed E-state index contributed by atoms with van der Waals surface area (Å²) in [7, 11) is 0. The molecule has 0 saturated carbocycles. The second-order valence-electron chi connectivity index (χ2n) is 5.98. The van der Waals surface area contributed by atoms with Gasteiger partial charge in [0.25, 0.3) is 5.56 Å². The predicted octanol–water partition coefficient (Wildman–Crippen LogP) is 3.74. The van der Waals surface area contributed by atoms with Gasteiger partial charge in [-0.2, -0.15) is 0 Å². The monoisotopic (exact) mass is 348 g/mol. The van der Waals surface area contributed by atoms with E-state index in [4.69, 9.17) is 4.74 Å². The van der Waals surface area contributed by atoms with Gasteiger partial charge in [-0.3, -0.25) is 9.36 Å². The standard InChI is InChI=1S/C21H20N2O3/c1-15-13-19(26-21(25)22-14-17-9-5-3-6-10-17)20(24)23(16(15)2)18-11-7-4-8-12-18/h3-13H,14H2,1-2H3,(H,22,25). The molecule has 3 aromatic rings. The Kier molecular flexibility index (Phi) is 5.17. The number of nitrogens with zero attached hydrogens (tertiary/aromatic N) is 1. The highest BCUT2D eigenvalue weighted by atomic mass is 16.6. The van der Waals surface area contributed by atoms with Gasteiger partial charge in [0.05, 0.1) is 0 Å². The number of hydrogen-bond acceptors (Lipinski definition) is 3. The second kappa shape index (κ2) is 7.70. The minimum Gasteiger partial charge on any atom is -0.404 e. The molecule has 0 spiro atoms. The van der Waals surface area contributed by atoms with Crippen LogP contribution < -0.4 is 15.6 Å². The highest BCUT2D eigenvalue weighted by molar-refractivity contribution is 5.70. The molecular weight excluding hydrogens is 328 g/mol. The molecule has 3 rings (SSSR count). The van der Waals surface area contributed by atoms with Crippen LogP contribution in [0.1, 0.15) is 16.8 Å². The summed E-state index contributed by atoms with van der Waals surface area (Å²) in [6, 6.07) is 20.4. The van der Waals surface area contributed by atoms with Crippen molar-refractivity contribution in [2.45, 2.75) is 20.4 Å². The molecular formula is C21H20N2O3. The maximum absolute atomic E-state index is 12.8. The Balaban J connectivity index is 1.83. The van der Waals surface area contributed by atoms with Crippen LogP contribution in [-0.2, 0) is 6.54 Å². The predicted molar refractivity (Wildman–Crippen MR) is 101 cm³/mol. The molecule has 5 nitrogen and oxygen atoms in total. The van der Waals surface area contributed by atoms with Crippen molar-refractivity contribution in [3.8, 4) is 11.4 Å². The van der Waals surface area contributed by atoms with Gasteiger partial charge in [-0.25, -0.2) is 4.79 Å². The van der Waals surface area contributed by atoms with E-state index in [-0.39, 0.29) is 11.3 Å². The molecule has 132 valence electrons. The molecule has 1 heterocycles. The van der Waals surface area contributed by atoms with Crippen LogP contribution in [0.25, 0.3) is 5.69 Å². The van der Waals surface area contributed by atoms with Crippen LogP contribution >= 0.6 is 0 Å². The van der Waals surface area contributed by atoms with E-state index in [1.165, 1.54) is 0 Å². The number of hydrogen-bond donors (Lipinski definition) is 1. The molecule has 5 heteroatoms. The van der Waals surface area contributed by atoms with Gasteiger partial charge < -0.3 is 10.1 Å². The van der Waals surface area contributed by atoms with Crippen molar-refractivity contribution >= 4 is 6.09 Å². The molecule has 0 aliphatic rings. The third-order valence-electron chi connectivity index (χ3n) is 4.16. The Morgan fingerprint density at radius 3 is 2.27 bits per heavy atom. The molecule has 0 atom stereocenters. The maximum Gasteiger partial charge on any atom is 0.413 e. The van der Waals surface area contributed by atoms with Gasteiger partial charge in [0.2, 0.25) is 0 Å². The van der Waals surface area contributed by atoms with Crippen molar-refractivity contribution in [3.05, 3.63) is 93.9 Å². The number of ether oxygens (including phenoxy) is 1. The molecule has 1 amide bonds. The van der Waals surface area contributed by atoms with E-state index in [1.807, 2.05) is 74.5 Å². The number of pyridine rings is 1. The molecule has 2 aromatic carbocycles. The molecule has 1 N–H and O–H groups in total. The molecule has 0 unspecified atom stereocenters. The zero-order valence-corrected chi connectivity index (χ0v) is 14.7.